The van der Waals surface area contributed by atoms with Gasteiger partial charge in [0.25, 0.3) is 0 Å². The molecule has 1 fully saturated rings. The molecule has 0 saturated carbocycles. The summed E-state index contributed by atoms with van der Waals surface area (Å²) in [5, 5.41) is 0.232. The van der Waals surface area contributed by atoms with Crippen LogP contribution >= 0.6 is 11.6 Å². The minimum atomic E-state index is -3.53. The second kappa shape index (κ2) is 7.05. The molecule has 2 rings (SSSR count). The zero-order valence-corrected chi connectivity index (χ0v) is 14.1. The molecule has 0 N–H and O–H groups in total. The van der Waals surface area contributed by atoms with E-state index in [4.69, 9.17) is 11.6 Å². The molecule has 0 unspecified atom stereocenters. The van der Waals surface area contributed by atoms with Crippen LogP contribution < -0.4 is 0 Å². The fraction of sp³-hybridized carbons (Fsp3) is 0.643. The number of hydrogen-bond acceptors (Lipinski definition) is 4. The molecular formula is C14H22ClN3O2S. The van der Waals surface area contributed by atoms with Gasteiger partial charge in [0.2, 0.25) is 10.0 Å². The Bertz CT molecular complexity index is 567. The van der Waals surface area contributed by atoms with Crippen LogP contribution in [0.1, 0.15) is 26.7 Å². The summed E-state index contributed by atoms with van der Waals surface area (Å²) in [7, 11) is -3.53. The molecule has 0 aromatic carbocycles. The van der Waals surface area contributed by atoms with Gasteiger partial charge in [-0.3, -0.25) is 4.98 Å². The van der Waals surface area contributed by atoms with E-state index in [2.05, 4.69) is 23.7 Å². The number of rotatable bonds is 5. The number of pyridine rings is 1. The Morgan fingerprint density at radius 1 is 1.33 bits per heavy atom. The summed E-state index contributed by atoms with van der Waals surface area (Å²) in [6, 6.07) is 1.98. The maximum Gasteiger partial charge on any atom is 0.246 e. The molecule has 0 aliphatic carbocycles. The summed E-state index contributed by atoms with van der Waals surface area (Å²) in [6.07, 6.45) is 4.54. The highest BCUT2D eigenvalue weighted by Gasteiger charge is 2.32. The van der Waals surface area contributed by atoms with E-state index in [1.807, 2.05) is 0 Å². The summed E-state index contributed by atoms with van der Waals surface area (Å²) in [5.74, 6) is 0. The molecule has 0 atom stereocenters. The average Bonchev–Trinajstić information content (AvgIpc) is 2.49. The summed E-state index contributed by atoms with van der Waals surface area (Å²) in [4.78, 5) is 6.37. The van der Waals surface area contributed by atoms with Gasteiger partial charge in [0, 0.05) is 31.5 Å². The summed E-state index contributed by atoms with van der Waals surface area (Å²) >= 11 is 6.00. The maximum atomic E-state index is 12.6. The lowest BCUT2D eigenvalue weighted by Gasteiger charge is -2.37. The van der Waals surface area contributed by atoms with E-state index >= 15 is 0 Å². The van der Waals surface area contributed by atoms with E-state index in [1.54, 1.807) is 0 Å². The van der Waals surface area contributed by atoms with Crippen LogP contribution in [0.4, 0.5) is 0 Å². The van der Waals surface area contributed by atoms with Crippen LogP contribution in [-0.2, 0) is 10.0 Å². The fourth-order valence-electron chi connectivity index (χ4n) is 2.88. The van der Waals surface area contributed by atoms with E-state index in [0.717, 1.165) is 25.9 Å². The van der Waals surface area contributed by atoms with Crippen molar-refractivity contribution in [2.75, 3.05) is 26.2 Å². The predicted molar refractivity (Wildman–Crippen MR) is 83.9 cm³/mol. The Labute approximate surface area is 132 Å². The highest BCUT2D eigenvalue weighted by Crippen LogP contribution is 2.26. The molecular weight excluding hydrogens is 310 g/mol. The van der Waals surface area contributed by atoms with Crippen LogP contribution in [0.25, 0.3) is 0 Å². The molecule has 0 amide bonds. The van der Waals surface area contributed by atoms with Gasteiger partial charge in [-0.2, -0.15) is 4.31 Å². The SMILES string of the molecule is CCN(CC)C1CCN(S(=O)(=O)c2cnccc2Cl)CC1. The van der Waals surface area contributed by atoms with Gasteiger partial charge in [0.15, 0.2) is 0 Å². The summed E-state index contributed by atoms with van der Waals surface area (Å²) < 4.78 is 26.7. The fourth-order valence-corrected chi connectivity index (χ4v) is 4.76. The lowest BCUT2D eigenvalue weighted by atomic mass is 10.1. The second-order valence-electron chi connectivity index (χ2n) is 5.16. The molecule has 1 aromatic rings. The Balaban J connectivity index is 2.10. The number of halogens is 1. The average molecular weight is 332 g/mol. The standard InChI is InChI=1S/C14H22ClN3O2S/c1-3-17(4-2)12-6-9-18(10-7-12)21(19,20)14-11-16-8-5-13(14)15/h5,8,11-12H,3-4,6-7,9-10H2,1-2H3. The number of piperidine rings is 1. The first-order valence-electron chi connectivity index (χ1n) is 7.34. The van der Waals surface area contributed by atoms with Gasteiger partial charge in [-0.05, 0) is 32.0 Å². The van der Waals surface area contributed by atoms with Crippen molar-refractivity contribution in [3.05, 3.63) is 23.5 Å². The molecule has 2 heterocycles. The molecule has 1 saturated heterocycles. The predicted octanol–water partition coefficient (Wildman–Crippen LogP) is 2.23. The lowest BCUT2D eigenvalue weighted by molar-refractivity contribution is 0.152. The molecule has 1 aliphatic heterocycles. The summed E-state index contributed by atoms with van der Waals surface area (Å²) in [5.41, 5.74) is 0. The number of aromatic nitrogens is 1. The molecule has 1 aliphatic rings. The Morgan fingerprint density at radius 3 is 2.48 bits per heavy atom. The third kappa shape index (κ3) is 3.56. The zero-order valence-electron chi connectivity index (χ0n) is 12.5. The van der Waals surface area contributed by atoms with E-state index in [-0.39, 0.29) is 9.92 Å². The molecule has 5 nitrogen and oxygen atoms in total. The minimum absolute atomic E-state index is 0.105. The monoisotopic (exact) mass is 331 g/mol. The molecule has 118 valence electrons. The van der Waals surface area contributed by atoms with Crippen molar-refractivity contribution in [1.29, 1.82) is 0 Å². The molecule has 1 aromatic heterocycles. The van der Waals surface area contributed by atoms with Crippen molar-refractivity contribution in [1.82, 2.24) is 14.2 Å². The van der Waals surface area contributed by atoms with E-state index < -0.39 is 10.0 Å². The van der Waals surface area contributed by atoms with E-state index in [1.165, 1.54) is 22.8 Å². The highest BCUT2D eigenvalue weighted by atomic mass is 35.5. The van der Waals surface area contributed by atoms with Crippen molar-refractivity contribution in [3.8, 4) is 0 Å². The number of nitrogens with zero attached hydrogens (tertiary/aromatic N) is 3. The van der Waals surface area contributed by atoms with Gasteiger partial charge in [-0.25, -0.2) is 8.42 Å². The zero-order chi connectivity index (χ0) is 15.5. The largest absolute Gasteiger partial charge is 0.301 e. The Kier molecular flexibility index (Phi) is 5.60. The number of hydrogen-bond donors (Lipinski definition) is 0. The summed E-state index contributed by atoms with van der Waals surface area (Å²) in [6.45, 7) is 7.36. The van der Waals surface area contributed by atoms with Crippen molar-refractivity contribution >= 4 is 21.6 Å². The highest BCUT2D eigenvalue weighted by molar-refractivity contribution is 7.89. The Morgan fingerprint density at radius 2 is 1.95 bits per heavy atom. The van der Waals surface area contributed by atoms with Crippen LogP contribution in [0.3, 0.4) is 0 Å². The quantitative estimate of drug-likeness (QED) is 0.830. The van der Waals surface area contributed by atoms with Crippen LogP contribution in [0.5, 0.6) is 0 Å². The van der Waals surface area contributed by atoms with Crippen LogP contribution in [0.15, 0.2) is 23.4 Å². The van der Waals surface area contributed by atoms with E-state index in [9.17, 15) is 8.42 Å². The lowest BCUT2D eigenvalue weighted by Crippen LogP contribution is -2.46. The first kappa shape index (κ1) is 16.7. The van der Waals surface area contributed by atoms with Crippen molar-refractivity contribution in [2.24, 2.45) is 0 Å². The van der Waals surface area contributed by atoms with Gasteiger partial charge < -0.3 is 4.90 Å². The third-order valence-corrected chi connectivity index (χ3v) is 6.47. The Hall–Kier alpha value is -0.690. The van der Waals surface area contributed by atoms with Crippen LogP contribution in [0.2, 0.25) is 5.02 Å². The van der Waals surface area contributed by atoms with Gasteiger partial charge in [-0.1, -0.05) is 25.4 Å². The molecule has 21 heavy (non-hydrogen) atoms. The van der Waals surface area contributed by atoms with E-state index in [0.29, 0.717) is 19.1 Å². The first-order chi connectivity index (χ1) is 10.0. The second-order valence-corrected chi connectivity index (χ2v) is 7.48. The topological polar surface area (TPSA) is 53.5 Å². The maximum absolute atomic E-state index is 12.6. The minimum Gasteiger partial charge on any atom is -0.301 e. The van der Waals surface area contributed by atoms with Gasteiger partial charge in [0.1, 0.15) is 4.90 Å². The molecule has 0 spiro atoms. The van der Waals surface area contributed by atoms with Crippen LogP contribution in [-0.4, -0.2) is 54.8 Å². The first-order valence-corrected chi connectivity index (χ1v) is 9.16. The van der Waals surface area contributed by atoms with Gasteiger partial charge >= 0.3 is 0 Å². The normalized spacial score (nSPS) is 18.3. The molecule has 0 radical (unpaired) electrons. The smallest absolute Gasteiger partial charge is 0.246 e. The van der Waals surface area contributed by atoms with Crippen molar-refractivity contribution < 1.29 is 8.42 Å². The van der Waals surface area contributed by atoms with Crippen molar-refractivity contribution in [2.45, 2.75) is 37.6 Å². The number of sulfonamides is 1. The molecule has 7 heteroatoms. The third-order valence-electron chi connectivity index (χ3n) is 4.10. The van der Waals surface area contributed by atoms with Crippen molar-refractivity contribution in [3.63, 3.8) is 0 Å². The molecule has 0 bridgehead atoms. The van der Waals surface area contributed by atoms with Gasteiger partial charge in [-0.15, -0.1) is 0 Å². The van der Waals surface area contributed by atoms with Gasteiger partial charge in [0.05, 0.1) is 5.02 Å². The van der Waals surface area contributed by atoms with Crippen LogP contribution in [0, 0.1) is 0 Å².